The van der Waals surface area contributed by atoms with Gasteiger partial charge >= 0.3 is 0 Å². The van der Waals surface area contributed by atoms with E-state index in [4.69, 9.17) is 0 Å². The Kier molecular flexibility index (Phi) is 3.38. The zero-order valence-electron chi connectivity index (χ0n) is 10.9. The van der Waals surface area contributed by atoms with Crippen LogP contribution in [-0.2, 0) is 6.54 Å². The molecule has 5 heteroatoms. The van der Waals surface area contributed by atoms with Crippen molar-refractivity contribution in [1.29, 1.82) is 0 Å². The van der Waals surface area contributed by atoms with Crippen molar-refractivity contribution >= 4 is 5.52 Å². The van der Waals surface area contributed by atoms with E-state index in [1.54, 1.807) is 33.7 Å². The first-order valence-corrected chi connectivity index (χ1v) is 6.96. The number of nitrogens with zero attached hydrogens (tertiary/aromatic N) is 3. The van der Waals surface area contributed by atoms with Crippen LogP contribution in [0.1, 0.15) is 32.1 Å². The first-order chi connectivity index (χ1) is 9.25. The number of hydrogen-bond donors (Lipinski definition) is 1. The van der Waals surface area contributed by atoms with Crippen LogP contribution in [0.15, 0.2) is 29.5 Å². The van der Waals surface area contributed by atoms with Crippen molar-refractivity contribution in [3.8, 4) is 0 Å². The molecule has 1 fully saturated rings. The second-order valence-corrected chi connectivity index (χ2v) is 5.38. The van der Waals surface area contributed by atoms with Gasteiger partial charge in [0.15, 0.2) is 0 Å². The molecule has 1 atom stereocenters. The van der Waals surface area contributed by atoms with Gasteiger partial charge in [-0.15, -0.1) is 0 Å². The quantitative estimate of drug-likeness (QED) is 0.909. The molecule has 0 bridgehead atoms. The third-order valence-corrected chi connectivity index (χ3v) is 4.12. The average Bonchev–Trinajstić information content (AvgIpc) is 2.92. The van der Waals surface area contributed by atoms with E-state index in [1.807, 2.05) is 0 Å². The maximum Gasteiger partial charge on any atom is 0.276 e. The van der Waals surface area contributed by atoms with E-state index in [-0.39, 0.29) is 5.56 Å². The molecular formula is C14H19N3O2. The van der Waals surface area contributed by atoms with E-state index in [2.05, 4.69) is 5.10 Å². The van der Waals surface area contributed by atoms with Crippen molar-refractivity contribution in [2.45, 2.75) is 44.8 Å². The summed E-state index contributed by atoms with van der Waals surface area (Å²) in [5, 5.41) is 14.3. The Balaban J connectivity index is 1.80. The summed E-state index contributed by atoms with van der Waals surface area (Å²) in [6, 6.07) is 1.70. The highest BCUT2D eigenvalue weighted by Gasteiger charge is 2.22. The zero-order chi connectivity index (χ0) is 13.2. The van der Waals surface area contributed by atoms with Crippen LogP contribution >= 0.6 is 0 Å². The maximum atomic E-state index is 12.2. The smallest absolute Gasteiger partial charge is 0.276 e. The molecule has 0 spiro atoms. The highest BCUT2D eigenvalue weighted by atomic mass is 16.3. The normalized spacial score (nSPS) is 18.8. The third kappa shape index (κ3) is 2.42. The molecule has 5 nitrogen and oxygen atoms in total. The minimum absolute atomic E-state index is 0.0881. The molecular weight excluding hydrogens is 242 g/mol. The lowest BCUT2D eigenvalue weighted by Crippen LogP contribution is -2.32. The van der Waals surface area contributed by atoms with Gasteiger partial charge in [-0.3, -0.25) is 4.79 Å². The first-order valence-electron chi connectivity index (χ1n) is 6.96. The van der Waals surface area contributed by atoms with Crippen molar-refractivity contribution in [2.75, 3.05) is 0 Å². The van der Waals surface area contributed by atoms with E-state index < -0.39 is 6.10 Å². The monoisotopic (exact) mass is 261 g/mol. The summed E-state index contributed by atoms with van der Waals surface area (Å²) in [5.74, 6) is 0.335. The number of aliphatic hydroxyl groups is 1. The summed E-state index contributed by atoms with van der Waals surface area (Å²) >= 11 is 0. The third-order valence-electron chi connectivity index (χ3n) is 4.12. The zero-order valence-corrected chi connectivity index (χ0v) is 10.9. The maximum absolute atomic E-state index is 12.2. The second kappa shape index (κ2) is 5.17. The van der Waals surface area contributed by atoms with Crippen LogP contribution in [0, 0.1) is 5.92 Å². The number of aromatic nitrogens is 3. The molecule has 3 rings (SSSR count). The first kappa shape index (κ1) is 12.4. The molecule has 0 aliphatic heterocycles. The van der Waals surface area contributed by atoms with E-state index in [1.165, 1.54) is 19.3 Å². The number of aliphatic hydroxyl groups excluding tert-OH is 1. The Labute approximate surface area is 111 Å². The molecule has 1 unspecified atom stereocenters. The van der Waals surface area contributed by atoms with Gasteiger partial charge in [-0.25, -0.2) is 4.52 Å². The largest absolute Gasteiger partial charge is 0.391 e. The molecule has 2 heterocycles. The Morgan fingerprint density at radius 2 is 2.11 bits per heavy atom. The minimum Gasteiger partial charge on any atom is -0.391 e. The molecule has 0 saturated heterocycles. The molecule has 1 aliphatic rings. The fourth-order valence-electron chi connectivity index (χ4n) is 2.97. The molecule has 0 radical (unpaired) electrons. The predicted molar refractivity (Wildman–Crippen MR) is 72.0 cm³/mol. The van der Waals surface area contributed by atoms with Gasteiger partial charge in [-0.2, -0.15) is 5.10 Å². The minimum atomic E-state index is -0.427. The molecule has 2 aromatic heterocycles. The summed E-state index contributed by atoms with van der Waals surface area (Å²) in [6.07, 6.45) is 10.4. The highest BCUT2D eigenvalue weighted by Crippen LogP contribution is 2.26. The second-order valence-electron chi connectivity index (χ2n) is 5.38. The SMILES string of the molecule is O=c1c2ccnn2ccn1CC(O)C1CCCCC1. The van der Waals surface area contributed by atoms with Crippen molar-refractivity contribution in [3.63, 3.8) is 0 Å². The van der Waals surface area contributed by atoms with Gasteiger partial charge in [0.05, 0.1) is 18.8 Å². The molecule has 102 valence electrons. The molecule has 0 amide bonds. The van der Waals surface area contributed by atoms with Crippen LogP contribution in [0.25, 0.3) is 5.52 Å². The van der Waals surface area contributed by atoms with Crippen molar-refractivity contribution < 1.29 is 5.11 Å². The standard InChI is InChI=1S/C14H19N3O2/c18-13(11-4-2-1-3-5-11)10-16-8-9-17-12(14(16)19)6-7-15-17/h6-9,11,13,18H,1-5,10H2. The van der Waals surface area contributed by atoms with Crippen LogP contribution in [0.2, 0.25) is 0 Å². The van der Waals surface area contributed by atoms with Crippen molar-refractivity contribution in [3.05, 3.63) is 35.0 Å². The summed E-state index contributed by atoms with van der Waals surface area (Å²) in [6.45, 7) is 0.380. The Bertz CT molecular complexity index is 610. The molecule has 1 N–H and O–H groups in total. The summed E-state index contributed by atoms with van der Waals surface area (Å²) in [5.41, 5.74) is 0.466. The van der Waals surface area contributed by atoms with Crippen molar-refractivity contribution in [1.82, 2.24) is 14.2 Å². The van der Waals surface area contributed by atoms with E-state index in [9.17, 15) is 9.90 Å². The molecule has 1 saturated carbocycles. The van der Waals surface area contributed by atoms with Gasteiger partial charge < -0.3 is 9.67 Å². The van der Waals surface area contributed by atoms with Gasteiger partial charge in [-0.05, 0) is 24.8 Å². The predicted octanol–water partition coefficient (Wildman–Crippen LogP) is 1.44. The number of hydrogen-bond acceptors (Lipinski definition) is 3. The summed E-state index contributed by atoms with van der Waals surface area (Å²) in [4.78, 5) is 12.2. The lowest BCUT2D eigenvalue weighted by molar-refractivity contribution is 0.0687. The Hall–Kier alpha value is -1.62. The molecule has 1 aliphatic carbocycles. The van der Waals surface area contributed by atoms with Crippen LogP contribution in [-0.4, -0.2) is 25.4 Å². The number of rotatable bonds is 3. The van der Waals surface area contributed by atoms with Gasteiger partial charge in [0.1, 0.15) is 5.52 Å². The van der Waals surface area contributed by atoms with Crippen LogP contribution in [0.4, 0.5) is 0 Å². The topological polar surface area (TPSA) is 59.5 Å². The fraction of sp³-hybridized carbons (Fsp3) is 0.571. The Morgan fingerprint density at radius 3 is 2.89 bits per heavy atom. The van der Waals surface area contributed by atoms with E-state index in [0.717, 1.165) is 12.8 Å². The molecule has 0 aromatic carbocycles. The van der Waals surface area contributed by atoms with Gasteiger partial charge in [-0.1, -0.05) is 19.3 Å². The van der Waals surface area contributed by atoms with Gasteiger partial charge in [0.2, 0.25) is 0 Å². The Morgan fingerprint density at radius 1 is 1.32 bits per heavy atom. The van der Waals surface area contributed by atoms with Crippen LogP contribution in [0.3, 0.4) is 0 Å². The van der Waals surface area contributed by atoms with Crippen LogP contribution < -0.4 is 5.56 Å². The van der Waals surface area contributed by atoms with Gasteiger partial charge in [0.25, 0.3) is 5.56 Å². The van der Waals surface area contributed by atoms with E-state index >= 15 is 0 Å². The summed E-state index contributed by atoms with van der Waals surface area (Å²) in [7, 11) is 0. The highest BCUT2D eigenvalue weighted by molar-refractivity contribution is 5.42. The lowest BCUT2D eigenvalue weighted by Gasteiger charge is -2.26. The van der Waals surface area contributed by atoms with E-state index in [0.29, 0.717) is 18.0 Å². The van der Waals surface area contributed by atoms with Crippen LogP contribution in [0.5, 0.6) is 0 Å². The summed E-state index contributed by atoms with van der Waals surface area (Å²) < 4.78 is 3.15. The lowest BCUT2D eigenvalue weighted by atomic mass is 9.85. The fourth-order valence-corrected chi connectivity index (χ4v) is 2.97. The molecule has 19 heavy (non-hydrogen) atoms. The van der Waals surface area contributed by atoms with Gasteiger partial charge in [0, 0.05) is 12.4 Å². The number of fused-ring (bicyclic) bond motifs is 1. The van der Waals surface area contributed by atoms with Crippen molar-refractivity contribution in [2.24, 2.45) is 5.92 Å². The average molecular weight is 261 g/mol. The molecule has 2 aromatic rings.